The Labute approximate surface area is 285 Å². The van der Waals surface area contributed by atoms with Crippen LogP contribution in [0.2, 0.25) is 63.9 Å². The summed E-state index contributed by atoms with van der Waals surface area (Å²) in [5.41, 5.74) is 1.37. The van der Waals surface area contributed by atoms with Gasteiger partial charge < -0.3 is 27.3 Å². The van der Waals surface area contributed by atoms with E-state index in [0.717, 1.165) is 27.3 Å². The Balaban J connectivity index is 1.68. The van der Waals surface area contributed by atoms with Gasteiger partial charge in [0.2, 0.25) is 0 Å². The molecule has 2 aliphatic rings. The van der Waals surface area contributed by atoms with Crippen molar-refractivity contribution in [1.82, 2.24) is 0 Å². The molecule has 0 N–H and O–H groups in total. The fourth-order valence-electron chi connectivity index (χ4n) is 5.81. The van der Waals surface area contributed by atoms with Crippen molar-refractivity contribution in [3.63, 3.8) is 0 Å². The summed E-state index contributed by atoms with van der Waals surface area (Å²) in [7, 11) is -6.27. The zero-order chi connectivity index (χ0) is 33.8. The molecule has 0 radical (unpaired) electrons. The highest BCUT2D eigenvalue weighted by Gasteiger charge is 2.53. The first kappa shape index (κ1) is 37.5. The third kappa shape index (κ3) is 9.44. The molecule has 0 spiro atoms. The first-order valence-corrected chi connectivity index (χ1v) is 27.8. The first-order valence-electron chi connectivity index (χ1n) is 16.4. The van der Waals surface area contributed by atoms with Crippen molar-refractivity contribution >= 4 is 59.8 Å². The zero-order valence-corrected chi connectivity index (χ0v) is 34.6. The van der Waals surface area contributed by atoms with Gasteiger partial charge in [-0.15, -0.1) is 11.3 Å². The van der Waals surface area contributed by atoms with E-state index in [-0.39, 0.29) is 48.8 Å². The van der Waals surface area contributed by atoms with Gasteiger partial charge in [-0.2, -0.15) is 0 Å². The maximum Gasteiger partial charge on any atom is 0.505 e. The summed E-state index contributed by atoms with van der Waals surface area (Å²) in [6.45, 7) is 30.7. The molecule has 12 heteroatoms. The molecule has 2 saturated heterocycles. The van der Waals surface area contributed by atoms with Gasteiger partial charge in [0.25, 0.3) is 0 Å². The average molecular weight is 711 g/mol. The highest BCUT2D eigenvalue weighted by atomic mass is 35.5. The number of halogens is 1. The highest BCUT2D eigenvalue weighted by Crippen LogP contribution is 2.42. The Hall–Kier alpha value is -0.314. The van der Waals surface area contributed by atoms with E-state index in [9.17, 15) is 0 Å². The van der Waals surface area contributed by atoms with E-state index in [2.05, 4.69) is 118 Å². The minimum absolute atomic E-state index is 0.108. The van der Waals surface area contributed by atoms with E-state index < -0.39 is 25.0 Å². The normalized spacial score (nSPS) is 27.3. The molecule has 0 bridgehead atoms. The topological polar surface area (TPSA) is 55.4 Å². The van der Waals surface area contributed by atoms with Crippen LogP contribution in [0.4, 0.5) is 0 Å². The lowest BCUT2D eigenvalue weighted by molar-refractivity contribution is -0.210. The zero-order valence-electron chi connectivity index (χ0n) is 30.0. The highest BCUT2D eigenvalue weighted by molar-refractivity contribution is 7.22. The van der Waals surface area contributed by atoms with Crippen LogP contribution < -0.4 is 4.78 Å². The fourth-order valence-corrected chi connectivity index (χ4v) is 10.3. The average Bonchev–Trinajstić information content (AvgIpc) is 3.41. The number of hydrogen-bond donors (Lipinski definition) is 0. The second-order valence-corrected chi connectivity index (χ2v) is 31.5. The van der Waals surface area contributed by atoms with Gasteiger partial charge >= 0.3 is 7.12 Å². The second kappa shape index (κ2) is 13.5. The molecule has 0 amide bonds. The SMILES string of the molecule is CC[C@H]1OC(c2ccc(Cl)c(Cc3ccc(B4OC(C)(C)C(C)(C)O4)s3)c2)[C@H](O[Si](C)(C)C)[C@@H](O[Si](C)(C)C)[C@@H]1O[Si](C)(C)C. The van der Waals surface area contributed by atoms with Crippen LogP contribution in [0.1, 0.15) is 63.1 Å². The summed E-state index contributed by atoms with van der Waals surface area (Å²) >= 11 is 8.57. The molecule has 1 unspecified atom stereocenters. The van der Waals surface area contributed by atoms with Crippen LogP contribution in [0, 0.1) is 0 Å². The van der Waals surface area contributed by atoms with Gasteiger partial charge in [0.15, 0.2) is 25.0 Å². The van der Waals surface area contributed by atoms with Crippen LogP contribution in [0.15, 0.2) is 30.3 Å². The van der Waals surface area contributed by atoms with Crippen LogP contribution >= 0.6 is 22.9 Å². The van der Waals surface area contributed by atoms with Crippen molar-refractivity contribution < 1.29 is 27.3 Å². The molecule has 5 atom stereocenters. The minimum Gasteiger partial charge on any atom is -0.409 e. The molecule has 1 aromatic carbocycles. The van der Waals surface area contributed by atoms with Crippen LogP contribution in [0.5, 0.6) is 0 Å². The summed E-state index contributed by atoms with van der Waals surface area (Å²) in [5, 5.41) is 0.740. The van der Waals surface area contributed by atoms with Crippen molar-refractivity contribution in [2.24, 2.45) is 0 Å². The fraction of sp³-hybridized carbons (Fsp3) is 0.697. The molecule has 2 aliphatic heterocycles. The molecular weight excluding hydrogens is 655 g/mol. The molecular formula is C33H56BClO6SSi3. The second-order valence-electron chi connectivity index (χ2n) is 16.5. The number of hydrogen-bond acceptors (Lipinski definition) is 7. The number of ether oxygens (including phenoxy) is 1. The van der Waals surface area contributed by atoms with Gasteiger partial charge in [-0.25, -0.2) is 0 Å². The Morgan fingerprint density at radius 3 is 1.84 bits per heavy atom. The van der Waals surface area contributed by atoms with E-state index in [1.807, 2.05) is 6.07 Å². The summed E-state index contributed by atoms with van der Waals surface area (Å²) in [6.07, 6.45) is 0.422. The largest absolute Gasteiger partial charge is 0.505 e. The lowest BCUT2D eigenvalue weighted by atomic mass is 9.88. The summed E-state index contributed by atoms with van der Waals surface area (Å²) in [6, 6.07) is 10.6. The van der Waals surface area contributed by atoms with E-state index in [1.165, 1.54) is 4.88 Å². The van der Waals surface area contributed by atoms with Gasteiger partial charge in [-0.1, -0.05) is 36.7 Å². The molecule has 2 aromatic rings. The standard InChI is InChI=1S/C33H56BClO6SSi3/c1-15-26-29(37-43(6,7)8)31(39-45(12,13)14)30(38-44(9,10)11)28(36-26)22-16-18-25(35)23(20-22)21-24-17-19-27(42-24)34-40-32(2,3)33(4,5)41-34/h16-20,26,28-31H,15,21H2,1-14H3/t26-,28?,29-,30+,31+/m1/s1. The third-order valence-corrected chi connectivity index (χ3v) is 12.8. The summed E-state index contributed by atoms with van der Waals surface area (Å²) < 4.78 is 41.6. The smallest absolute Gasteiger partial charge is 0.409 e. The molecule has 45 heavy (non-hydrogen) atoms. The lowest BCUT2D eigenvalue weighted by Gasteiger charge is -2.51. The van der Waals surface area contributed by atoms with Crippen molar-refractivity contribution in [3.05, 3.63) is 51.4 Å². The van der Waals surface area contributed by atoms with Crippen molar-refractivity contribution in [1.29, 1.82) is 0 Å². The van der Waals surface area contributed by atoms with Crippen LogP contribution in [0.3, 0.4) is 0 Å². The summed E-state index contributed by atoms with van der Waals surface area (Å²) in [4.78, 5) is 1.20. The maximum absolute atomic E-state index is 7.02. The molecule has 0 aliphatic carbocycles. The van der Waals surface area contributed by atoms with Crippen molar-refractivity contribution in [2.45, 2.75) is 148 Å². The summed E-state index contributed by atoms with van der Waals surface area (Å²) in [5.74, 6) is 0. The lowest BCUT2D eigenvalue weighted by Crippen LogP contribution is -2.62. The third-order valence-electron chi connectivity index (χ3n) is 8.44. The van der Waals surface area contributed by atoms with E-state index >= 15 is 0 Å². The molecule has 1 aromatic heterocycles. The molecule has 0 saturated carbocycles. The molecule has 252 valence electrons. The molecule has 2 fully saturated rings. The minimum atomic E-state index is -2.01. The number of benzene rings is 1. The van der Waals surface area contributed by atoms with Crippen molar-refractivity contribution in [2.75, 3.05) is 0 Å². The molecule has 3 heterocycles. The Morgan fingerprint density at radius 2 is 1.31 bits per heavy atom. The van der Waals surface area contributed by atoms with Crippen LogP contribution in [-0.2, 0) is 33.7 Å². The predicted molar refractivity (Wildman–Crippen MR) is 197 cm³/mol. The Morgan fingerprint density at radius 1 is 0.778 bits per heavy atom. The first-order chi connectivity index (χ1) is 20.5. The van der Waals surface area contributed by atoms with Gasteiger partial charge in [0.05, 0.1) is 23.4 Å². The number of thiophene rings is 1. The Bertz CT molecular complexity index is 1300. The van der Waals surface area contributed by atoms with Gasteiger partial charge in [0, 0.05) is 21.1 Å². The Kier molecular flexibility index (Phi) is 11.3. The van der Waals surface area contributed by atoms with E-state index in [4.69, 9.17) is 38.9 Å². The van der Waals surface area contributed by atoms with E-state index in [1.54, 1.807) is 11.3 Å². The van der Waals surface area contributed by atoms with Gasteiger partial charge in [0.1, 0.15) is 18.3 Å². The van der Waals surface area contributed by atoms with Crippen LogP contribution in [0.25, 0.3) is 0 Å². The monoisotopic (exact) mass is 710 g/mol. The van der Waals surface area contributed by atoms with E-state index in [0.29, 0.717) is 6.42 Å². The van der Waals surface area contributed by atoms with Crippen molar-refractivity contribution in [3.8, 4) is 0 Å². The van der Waals surface area contributed by atoms with Gasteiger partial charge in [-0.05, 0) is 116 Å². The van der Waals surface area contributed by atoms with Crippen LogP contribution in [-0.4, -0.2) is 67.7 Å². The quantitative estimate of drug-likeness (QED) is 0.217. The molecule has 4 rings (SSSR count). The maximum atomic E-state index is 7.02. The predicted octanol–water partition coefficient (Wildman–Crippen LogP) is 8.80. The molecule has 6 nitrogen and oxygen atoms in total. The van der Waals surface area contributed by atoms with Gasteiger partial charge in [-0.3, -0.25) is 0 Å². The number of rotatable bonds is 11.